The summed E-state index contributed by atoms with van der Waals surface area (Å²) in [6.45, 7) is 4.85. The molecule has 5 heteroatoms. The summed E-state index contributed by atoms with van der Waals surface area (Å²) in [4.78, 5) is 18.7. The summed E-state index contributed by atoms with van der Waals surface area (Å²) in [5.74, 6) is 0.546. The highest BCUT2D eigenvalue weighted by Gasteiger charge is 2.49. The first-order chi connectivity index (χ1) is 9.53. The van der Waals surface area contributed by atoms with Crippen molar-refractivity contribution in [2.45, 2.75) is 51.7 Å². The first kappa shape index (κ1) is 13.6. The number of ether oxygens (including phenoxy) is 1. The van der Waals surface area contributed by atoms with E-state index in [0.29, 0.717) is 23.7 Å². The first-order valence-electron chi connectivity index (χ1n) is 7.29. The highest BCUT2D eigenvalue weighted by atomic mass is 16.5. The molecule has 1 amide bonds. The SMILES string of the molecule is CO[C@@H]1CC[C@H]2N(C(=O)c3coc(C)n3)CC[C@@]2(C)C1. The molecule has 0 unspecified atom stereocenters. The lowest BCUT2D eigenvalue weighted by Gasteiger charge is -2.42. The molecule has 1 saturated carbocycles. The average molecular weight is 278 g/mol. The van der Waals surface area contributed by atoms with E-state index in [9.17, 15) is 4.79 Å². The van der Waals surface area contributed by atoms with E-state index in [0.717, 1.165) is 32.2 Å². The smallest absolute Gasteiger partial charge is 0.276 e. The summed E-state index contributed by atoms with van der Waals surface area (Å²) in [7, 11) is 1.78. The number of aromatic nitrogens is 1. The third-order valence-corrected chi connectivity index (χ3v) is 4.99. The Kier molecular flexibility index (Phi) is 3.32. The number of amides is 1. The van der Waals surface area contributed by atoms with E-state index >= 15 is 0 Å². The molecule has 0 radical (unpaired) electrons. The van der Waals surface area contributed by atoms with Crippen LogP contribution in [0.1, 0.15) is 49.0 Å². The number of methoxy groups -OCH3 is 1. The zero-order chi connectivity index (χ0) is 14.3. The molecule has 5 nitrogen and oxygen atoms in total. The van der Waals surface area contributed by atoms with Crippen molar-refractivity contribution in [3.63, 3.8) is 0 Å². The number of carbonyl (C=O) groups is 1. The van der Waals surface area contributed by atoms with Gasteiger partial charge < -0.3 is 14.1 Å². The summed E-state index contributed by atoms with van der Waals surface area (Å²) in [6, 6.07) is 0.304. The zero-order valence-corrected chi connectivity index (χ0v) is 12.4. The highest BCUT2D eigenvalue weighted by molar-refractivity contribution is 5.92. The van der Waals surface area contributed by atoms with Crippen LogP contribution in [0.5, 0.6) is 0 Å². The van der Waals surface area contributed by atoms with E-state index in [4.69, 9.17) is 9.15 Å². The number of carbonyl (C=O) groups excluding carboxylic acids is 1. The fourth-order valence-electron chi connectivity index (χ4n) is 3.84. The standard InChI is InChI=1S/C15H22N2O3/c1-10-16-12(9-20-10)14(18)17-7-6-15(2)8-11(19-3)4-5-13(15)17/h9,11,13H,4-8H2,1-3H3/t11-,13-,15+/m1/s1. The van der Waals surface area contributed by atoms with E-state index in [-0.39, 0.29) is 11.3 Å². The minimum atomic E-state index is 0.00596. The number of nitrogens with zero attached hydrogens (tertiary/aromatic N) is 2. The minimum absolute atomic E-state index is 0.00596. The van der Waals surface area contributed by atoms with Gasteiger partial charge in [0.1, 0.15) is 6.26 Å². The Bertz CT molecular complexity index is 513. The Labute approximate surface area is 119 Å². The van der Waals surface area contributed by atoms with Crippen molar-refractivity contribution in [3.05, 3.63) is 17.8 Å². The summed E-state index contributed by atoms with van der Waals surface area (Å²) in [5.41, 5.74) is 0.605. The fourth-order valence-corrected chi connectivity index (χ4v) is 3.84. The second-order valence-corrected chi connectivity index (χ2v) is 6.31. The topological polar surface area (TPSA) is 55.6 Å². The van der Waals surface area contributed by atoms with Crippen molar-refractivity contribution in [1.29, 1.82) is 0 Å². The van der Waals surface area contributed by atoms with Gasteiger partial charge >= 0.3 is 0 Å². The molecule has 1 aliphatic heterocycles. The van der Waals surface area contributed by atoms with Crippen LogP contribution >= 0.6 is 0 Å². The molecule has 2 heterocycles. The van der Waals surface area contributed by atoms with Gasteiger partial charge in [0, 0.05) is 26.6 Å². The largest absolute Gasteiger partial charge is 0.448 e. The molecule has 0 bridgehead atoms. The molecule has 0 spiro atoms. The van der Waals surface area contributed by atoms with Gasteiger partial charge in [-0.2, -0.15) is 0 Å². The van der Waals surface area contributed by atoms with Gasteiger partial charge in [0.15, 0.2) is 11.6 Å². The van der Waals surface area contributed by atoms with Crippen molar-refractivity contribution in [2.75, 3.05) is 13.7 Å². The maximum Gasteiger partial charge on any atom is 0.276 e. The van der Waals surface area contributed by atoms with Crippen molar-refractivity contribution in [3.8, 4) is 0 Å². The second-order valence-electron chi connectivity index (χ2n) is 6.31. The van der Waals surface area contributed by atoms with Crippen LogP contribution in [0.4, 0.5) is 0 Å². The van der Waals surface area contributed by atoms with Crippen LogP contribution in [-0.4, -0.2) is 41.6 Å². The van der Waals surface area contributed by atoms with Gasteiger partial charge in [0.25, 0.3) is 5.91 Å². The Balaban J connectivity index is 1.78. The van der Waals surface area contributed by atoms with Crippen molar-refractivity contribution >= 4 is 5.91 Å². The summed E-state index contributed by atoms with van der Waals surface area (Å²) in [5, 5.41) is 0. The van der Waals surface area contributed by atoms with Crippen LogP contribution in [0.15, 0.2) is 10.7 Å². The number of aryl methyl sites for hydroxylation is 1. The Morgan fingerprint density at radius 3 is 3.00 bits per heavy atom. The second kappa shape index (κ2) is 4.88. The molecule has 1 aromatic rings. The zero-order valence-electron chi connectivity index (χ0n) is 12.4. The summed E-state index contributed by atoms with van der Waals surface area (Å²) >= 11 is 0. The van der Waals surface area contributed by atoms with Crippen LogP contribution < -0.4 is 0 Å². The maximum atomic E-state index is 12.6. The predicted molar refractivity (Wildman–Crippen MR) is 73.4 cm³/mol. The molecule has 1 saturated heterocycles. The Morgan fingerprint density at radius 2 is 2.35 bits per heavy atom. The molecular formula is C15H22N2O3. The highest BCUT2D eigenvalue weighted by Crippen LogP contribution is 2.47. The molecular weight excluding hydrogens is 256 g/mol. The molecule has 0 aromatic carbocycles. The van der Waals surface area contributed by atoms with Crippen molar-refractivity contribution < 1.29 is 13.9 Å². The van der Waals surface area contributed by atoms with Gasteiger partial charge in [-0.25, -0.2) is 4.98 Å². The fraction of sp³-hybridized carbons (Fsp3) is 0.733. The Morgan fingerprint density at radius 1 is 1.55 bits per heavy atom. The molecule has 20 heavy (non-hydrogen) atoms. The molecule has 0 N–H and O–H groups in total. The van der Waals surface area contributed by atoms with E-state index in [1.165, 1.54) is 6.26 Å². The number of hydrogen-bond acceptors (Lipinski definition) is 4. The Hall–Kier alpha value is -1.36. The van der Waals surface area contributed by atoms with Crippen molar-refractivity contribution in [1.82, 2.24) is 9.88 Å². The average Bonchev–Trinajstić information content (AvgIpc) is 3.00. The first-order valence-corrected chi connectivity index (χ1v) is 7.29. The van der Waals surface area contributed by atoms with Crippen molar-refractivity contribution in [2.24, 2.45) is 5.41 Å². The van der Waals surface area contributed by atoms with Crippen LogP contribution in [0.3, 0.4) is 0 Å². The molecule has 1 aliphatic carbocycles. The van der Waals surface area contributed by atoms with Crippen LogP contribution in [0.25, 0.3) is 0 Å². The monoisotopic (exact) mass is 278 g/mol. The number of rotatable bonds is 2. The molecule has 3 rings (SSSR count). The van der Waals surface area contributed by atoms with Gasteiger partial charge in [-0.3, -0.25) is 4.79 Å². The molecule has 110 valence electrons. The van der Waals surface area contributed by atoms with Gasteiger partial charge in [-0.15, -0.1) is 0 Å². The molecule has 2 fully saturated rings. The van der Waals surface area contributed by atoms with E-state index in [1.807, 2.05) is 4.90 Å². The van der Waals surface area contributed by atoms with Crippen LogP contribution in [0, 0.1) is 12.3 Å². The van der Waals surface area contributed by atoms with E-state index in [2.05, 4.69) is 11.9 Å². The molecule has 2 aliphatic rings. The number of hydrogen-bond donors (Lipinski definition) is 0. The van der Waals surface area contributed by atoms with Gasteiger partial charge in [-0.05, 0) is 31.1 Å². The molecule has 3 atom stereocenters. The lowest BCUT2D eigenvalue weighted by atomic mass is 9.71. The van der Waals surface area contributed by atoms with Gasteiger partial charge in [-0.1, -0.05) is 6.92 Å². The lowest BCUT2D eigenvalue weighted by molar-refractivity contribution is -0.00287. The number of fused-ring (bicyclic) bond motifs is 1. The van der Waals surface area contributed by atoms with E-state index < -0.39 is 0 Å². The minimum Gasteiger partial charge on any atom is -0.448 e. The van der Waals surface area contributed by atoms with Gasteiger partial charge in [0.2, 0.25) is 0 Å². The molecule has 1 aromatic heterocycles. The summed E-state index contributed by atoms with van der Waals surface area (Å²) < 4.78 is 10.7. The van der Waals surface area contributed by atoms with Gasteiger partial charge in [0.05, 0.1) is 6.10 Å². The van der Waals surface area contributed by atoms with E-state index in [1.54, 1.807) is 14.0 Å². The normalized spacial score (nSPS) is 33.2. The third kappa shape index (κ3) is 2.14. The quantitative estimate of drug-likeness (QED) is 0.833. The number of likely N-dealkylation sites (tertiary alicyclic amines) is 1. The predicted octanol–water partition coefficient (Wildman–Crippen LogP) is 2.40. The summed E-state index contributed by atoms with van der Waals surface area (Å²) in [6.07, 6.45) is 5.92. The maximum absolute atomic E-state index is 12.6. The third-order valence-electron chi connectivity index (χ3n) is 4.99. The van der Waals surface area contributed by atoms with Crippen LogP contribution in [-0.2, 0) is 4.74 Å². The number of oxazole rings is 1. The lowest BCUT2D eigenvalue weighted by Crippen LogP contribution is -2.46. The van der Waals surface area contributed by atoms with Crippen LogP contribution in [0.2, 0.25) is 0 Å².